The van der Waals surface area contributed by atoms with Crippen molar-refractivity contribution in [2.75, 3.05) is 0 Å². The maximum atomic E-state index is 10.6. The monoisotopic (exact) mass is 338 g/mol. The van der Waals surface area contributed by atoms with Gasteiger partial charge in [-0.1, -0.05) is 17.8 Å². The van der Waals surface area contributed by atoms with Crippen molar-refractivity contribution in [3.63, 3.8) is 0 Å². The molecule has 0 unspecified atom stereocenters. The molecule has 0 aliphatic heterocycles. The first-order valence-electron chi connectivity index (χ1n) is 5.98. The summed E-state index contributed by atoms with van der Waals surface area (Å²) in [6.07, 6.45) is 1.61. The summed E-state index contributed by atoms with van der Waals surface area (Å²) in [5.41, 5.74) is 1.44. The van der Waals surface area contributed by atoms with Gasteiger partial charge in [0.05, 0.1) is 22.7 Å². The maximum absolute atomic E-state index is 10.6. The molecule has 8 heteroatoms. The molecular weight excluding hydrogens is 328 g/mol. The minimum absolute atomic E-state index is 0.0381. The van der Waals surface area contributed by atoms with Crippen molar-refractivity contribution in [2.24, 2.45) is 0 Å². The molecule has 1 N–H and O–H groups in total. The van der Waals surface area contributed by atoms with Gasteiger partial charge in [0, 0.05) is 11.1 Å². The second-order valence-corrected chi connectivity index (χ2v) is 7.11. The van der Waals surface area contributed by atoms with Gasteiger partial charge in [-0.3, -0.25) is 4.79 Å². The van der Waals surface area contributed by atoms with Crippen molar-refractivity contribution in [2.45, 2.75) is 16.5 Å². The van der Waals surface area contributed by atoms with E-state index in [4.69, 9.17) is 9.52 Å². The van der Waals surface area contributed by atoms with Crippen LogP contribution in [0.2, 0.25) is 0 Å². The fraction of sp³-hybridized carbons (Fsp3) is 0.154. The quantitative estimate of drug-likeness (QED) is 0.689. The number of thiazole rings is 1. The van der Waals surface area contributed by atoms with Crippen molar-refractivity contribution >= 4 is 40.4 Å². The summed E-state index contributed by atoms with van der Waals surface area (Å²) in [6, 6.07) is 3.92. The number of thiophene rings is 1. The van der Waals surface area contributed by atoms with Gasteiger partial charge in [-0.15, -0.1) is 22.7 Å². The first-order chi connectivity index (χ1) is 10.2. The number of rotatable bonds is 6. The van der Waals surface area contributed by atoms with Gasteiger partial charge in [-0.2, -0.15) is 0 Å². The Kier molecular flexibility index (Phi) is 4.37. The first kappa shape index (κ1) is 14.3. The summed E-state index contributed by atoms with van der Waals surface area (Å²) in [5.74, 6) is 0.412. The second-order valence-electron chi connectivity index (χ2n) is 4.09. The van der Waals surface area contributed by atoms with Gasteiger partial charge in [0.2, 0.25) is 5.89 Å². The normalized spacial score (nSPS) is 10.9. The lowest BCUT2D eigenvalue weighted by Crippen LogP contribution is -1.99. The van der Waals surface area contributed by atoms with Crippen LogP contribution in [-0.4, -0.2) is 21.0 Å². The number of thioether (sulfide) groups is 1. The van der Waals surface area contributed by atoms with E-state index in [0.717, 1.165) is 14.9 Å². The Hall–Kier alpha value is -1.64. The Balaban J connectivity index is 1.60. The molecule has 0 spiro atoms. The predicted molar refractivity (Wildman–Crippen MR) is 82.8 cm³/mol. The zero-order valence-corrected chi connectivity index (χ0v) is 13.1. The van der Waals surface area contributed by atoms with E-state index in [9.17, 15) is 4.79 Å². The molecule has 3 aromatic heterocycles. The molecule has 0 saturated heterocycles. The van der Waals surface area contributed by atoms with Gasteiger partial charge in [-0.05, 0) is 11.4 Å². The van der Waals surface area contributed by atoms with Crippen molar-refractivity contribution in [1.82, 2.24) is 9.97 Å². The second kappa shape index (κ2) is 6.42. The van der Waals surface area contributed by atoms with E-state index >= 15 is 0 Å². The molecule has 0 aliphatic rings. The number of nitrogens with zero attached hydrogens (tertiary/aromatic N) is 2. The lowest BCUT2D eigenvalue weighted by atomic mass is 10.3. The summed E-state index contributed by atoms with van der Waals surface area (Å²) in [4.78, 5) is 20.3. The number of hydrogen-bond acceptors (Lipinski definition) is 7. The van der Waals surface area contributed by atoms with Crippen molar-refractivity contribution < 1.29 is 14.3 Å². The standard InChI is InChI=1S/C13H10N2O3S3/c16-11(17)4-8-6-20-13(15-8)21-7-9-5-18-12(14-9)10-2-1-3-19-10/h1-3,5-6H,4,7H2,(H,16,17). The van der Waals surface area contributed by atoms with E-state index in [1.807, 2.05) is 17.5 Å². The van der Waals surface area contributed by atoms with Crippen molar-refractivity contribution in [3.8, 4) is 10.8 Å². The Morgan fingerprint density at radius 1 is 1.33 bits per heavy atom. The third kappa shape index (κ3) is 3.72. The minimum Gasteiger partial charge on any atom is -0.481 e. The van der Waals surface area contributed by atoms with Gasteiger partial charge in [0.1, 0.15) is 6.26 Å². The summed E-state index contributed by atoms with van der Waals surface area (Å²) < 4.78 is 6.29. The molecule has 0 fully saturated rings. The molecule has 3 aromatic rings. The molecule has 0 bridgehead atoms. The smallest absolute Gasteiger partial charge is 0.309 e. The van der Waals surface area contributed by atoms with Crippen LogP contribution in [0.5, 0.6) is 0 Å². The molecule has 21 heavy (non-hydrogen) atoms. The Morgan fingerprint density at radius 2 is 2.24 bits per heavy atom. The highest BCUT2D eigenvalue weighted by Crippen LogP contribution is 2.28. The van der Waals surface area contributed by atoms with E-state index in [-0.39, 0.29) is 6.42 Å². The molecule has 5 nitrogen and oxygen atoms in total. The van der Waals surface area contributed by atoms with Crippen LogP contribution in [0.25, 0.3) is 10.8 Å². The number of carboxylic acid groups (broad SMARTS) is 1. The van der Waals surface area contributed by atoms with Crippen LogP contribution < -0.4 is 0 Å². The van der Waals surface area contributed by atoms with E-state index < -0.39 is 5.97 Å². The third-order valence-corrected chi connectivity index (χ3v) is 5.45. The zero-order chi connectivity index (χ0) is 14.7. The Bertz CT molecular complexity index is 734. The van der Waals surface area contributed by atoms with Gasteiger partial charge >= 0.3 is 5.97 Å². The lowest BCUT2D eigenvalue weighted by Gasteiger charge is -1.92. The predicted octanol–water partition coefficient (Wildman–Crippen LogP) is 3.78. The summed E-state index contributed by atoms with van der Waals surface area (Å²) in [6.45, 7) is 0. The summed E-state index contributed by atoms with van der Waals surface area (Å²) >= 11 is 4.56. The average Bonchev–Trinajstić information content (AvgIpc) is 3.17. The van der Waals surface area contributed by atoms with Crippen LogP contribution in [-0.2, 0) is 17.0 Å². The molecule has 108 valence electrons. The highest BCUT2D eigenvalue weighted by Gasteiger charge is 2.10. The van der Waals surface area contributed by atoms with Crippen LogP contribution in [0.15, 0.2) is 37.9 Å². The molecule has 0 aliphatic carbocycles. The number of carbonyl (C=O) groups is 1. The molecule has 0 atom stereocenters. The first-order valence-corrected chi connectivity index (χ1v) is 8.72. The molecule has 0 aromatic carbocycles. The molecule has 0 saturated carbocycles. The SMILES string of the molecule is O=C(O)Cc1csc(SCc2coc(-c3cccs3)n2)n1. The lowest BCUT2D eigenvalue weighted by molar-refractivity contribution is -0.136. The number of oxazole rings is 1. The highest BCUT2D eigenvalue weighted by molar-refractivity contribution is 8.00. The van der Waals surface area contributed by atoms with Gasteiger partial charge in [-0.25, -0.2) is 9.97 Å². The molecule has 0 amide bonds. The van der Waals surface area contributed by atoms with Crippen molar-refractivity contribution in [3.05, 3.63) is 40.5 Å². The van der Waals surface area contributed by atoms with Crippen LogP contribution >= 0.6 is 34.4 Å². The maximum Gasteiger partial charge on any atom is 0.309 e. The molecule has 0 radical (unpaired) electrons. The number of aromatic nitrogens is 2. The van der Waals surface area contributed by atoms with E-state index in [0.29, 0.717) is 17.3 Å². The van der Waals surface area contributed by atoms with Gasteiger partial charge < -0.3 is 9.52 Å². The molecular formula is C13H10N2O3S3. The van der Waals surface area contributed by atoms with Crippen molar-refractivity contribution in [1.29, 1.82) is 0 Å². The third-order valence-electron chi connectivity index (χ3n) is 2.49. The van der Waals surface area contributed by atoms with Crippen LogP contribution in [0, 0.1) is 0 Å². The van der Waals surface area contributed by atoms with Crippen LogP contribution in [0.4, 0.5) is 0 Å². The number of aliphatic carboxylic acids is 1. The largest absolute Gasteiger partial charge is 0.481 e. The minimum atomic E-state index is -0.867. The van der Waals surface area contributed by atoms with Crippen LogP contribution in [0.3, 0.4) is 0 Å². The summed E-state index contributed by atoms with van der Waals surface area (Å²) in [5, 5.41) is 12.5. The summed E-state index contributed by atoms with van der Waals surface area (Å²) in [7, 11) is 0. The topological polar surface area (TPSA) is 76.2 Å². The number of carboxylic acids is 1. The Labute approximate surface area is 132 Å². The van der Waals surface area contributed by atoms with Gasteiger partial charge in [0.25, 0.3) is 0 Å². The van der Waals surface area contributed by atoms with E-state index in [2.05, 4.69) is 9.97 Å². The van der Waals surface area contributed by atoms with Crippen LogP contribution in [0.1, 0.15) is 11.4 Å². The fourth-order valence-electron chi connectivity index (χ4n) is 1.61. The van der Waals surface area contributed by atoms with E-state index in [1.165, 1.54) is 23.1 Å². The zero-order valence-electron chi connectivity index (χ0n) is 10.7. The molecule has 3 rings (SSSR count). The average molecular weight is 338 g/mol. The number of hydrogen-bond donors (Lipinski definition) is 1. The Morgan fingerprint density at radius 3 is 3.00 bits per heavy atom. The van der Waals surface area contributed by atoms with Gasteiger partial charge in [0.15, 0.2) is 4.34 Å². The molecule has 3 heterocycles. The van der Waals surface area contributed by atoms with E-state index in [1.54, 1.807) is 23.0 Å². The fourth-order valence-corrected chi connectivity index (χ4v) is 3.99. The highest BCUT2D eigenvalue weighted by atomic mass is 32.2.